The fraction of sp³-hybridized carbons (Fsp3) is 0.250. The van der Waals surface area contributed by atoms with Gasteiger partial charge in [-0.15, -0.1) is 0 Å². The van der Waals surface area contributed by atoms with E-state index in [-0.39, 0.29) is 16.0 Å². The summed E-state index contributed by atoms with van der Waals surface area (Å²) in [7, 11) is 0.555. The Morgan fingerprint density at radius 1 is 1.12 bits per heavy atom. The van der Waals surface area contributed by atoms with Crippen molar-refractivity contribution in [2.45, 2.75) is 11.8 Å². The normalized spacial score (nSPS) is 11.5. The first-order valence-corrected chi connectivity index (χ1v) is 9.06. The number of aryl methyl sites for hydroxylation is 2. The highest BCUT2D eigenvalue weighted by Gasteiger charge is 2.20. The number of nitrogens with zero attached hydrogens (tertiary/aromatic N) is 3. The number of fused-ring (bicyclic) bond motifs is 1. The van der Waals surface area contributed by atoms with Gasteiger partial charge >= 0.3 is 0 Å². The highest BCUT2D eigenvalue weighted by molar-refractivity contribution is 7.92. The number of sulfonamides is 1. The van der Waals surface area contributed by atoms with Crippen LogP contribution in [0.15, 0.2) is 40.2 Å². The van der Waals surface area contributed by atoms with Gasteiger partial charge in [-0.25, -0.2) is 13.1 Å². The molecular weight excluding hydrogens is 360 g/mol. The predicted octanol–water partition coefficient (Wildman–Crippen LogP) is 1.16. The number of rotatable bonds is 5. The first-order valence-electron chi connectivity index (χ1n) is 7.57. The molecule has 2 aromatic heterocycles. The quantitative estimate of drug-likeness (QED) is 0.714. The SMILES string of the molecule is COc1ccc(NS(=O)(=O)c2cc3c(=O)n(C)nc(C)n3c2)cc1OC. The Labute approximate surface area is 149 Å². The molecule has 0 saturated heterocycles. The number of anilines is 1. The molecule has 3 aromatic rings. The lowest BCUT2D eigenvalue weighted by Gasteiger charge is -2.11. The number of aromatic nitrogens is 3. The van der Waals surface area contributed by atoms with Gasteiger partial charge in [-0.05, 0) is 25.1 Å². The standard InChI is InChI=1S/C16H18N4O5S/c1-10-17-19(2)16(21)13-8-12(9-20(10)13)26(22,23)18-11-5-6-14(24-3)15(7-11)25-4/h5-9,18H,1-4H3. The van der Waals surface area contributed by atoms with E-state index in [9.17, 15) is 13.2 Å². The van der Waals surface area contributed by atoms with E-state index in [1.807, 2.05) is 0 Å². The van der Waals surface area contributed by atoms with Crippen LogP contribution in [0.1, 0.15) is 5.82 Å². The minimum absolute atomic E-state index is 0.0412. The summed E-state index contributed by atoms with van der Waals surface area (Å²) in [6.45, 7) is 1.69. The van der Waals surface area contributed by atoms with Crippen molar-refractivity contribution in [2.24, 2.45) is 7.05 Å². The number of benzene rings is 1. The zero-order valence-corrected chi connectivity index (χ0v) is 15.5. The van der Waals surface area contributed by atoms with Crippen LogP contribution in [0.2, 0.25) is 0 Å². The van der Waals surface area contributed by atoms with Crippen LogP contribution >= 0.6 is 0 Å². The van der Waals surface area contributed by atoms with E-state index in [4.69, 9.17) is 9.47 Å². The van der Waals surface area contributed by atoms with Crippen molar-refractivity contribution in [2.75, 3.05) is 18.9 Å². The Hall–Kier alpha value is -3.01. The van der Waals surface area contributed by atoms with Crippen LogP contribution in [0.3, 0.4) is 0 Å². The van der Waals surface area contributed by atoms with Crippen molar-refractivity contribution in [1.29, 1.82) is 0 Å². The van der Waals surface area contributed by atoms with Gasteiger partial charge in [0.05, 0.1) is 19.9 Å². The van der Waals surface area contributed by atoms with Gasteiger partial charge in [0.25, 0.3) is 15.6 Å². The molecule has 0 radical (unpaired) electrons. The van der Waals surface area contributed by atoms with Crippen LogP contribution in [0.25, 0.3) is 5.52 Å². The first kappa shape index (κ1) is 17.8. The maximum absolute atomic E-state index is 12.7. The molecule has 0 spiro atoms. The minimum atomic E-state index is -3.91. The van der Waals surface area contributed by atoms with Gasteiger partial charge in [-0.2, -0.15) is 5.10 Å². The van der Waals surface area contributed by atoms with Crippen molar-refractivity contribution in [1.82, 2.24) is 14.2 Å². The highest BCUT2D eigenvalue weighted by atomic mass is 32.2. The van der Waals surface area contributed by atoms with Crippen LogP contribution in [0, 0.1) is 6.92 Å². The zero-order chi connectivity index (χ0) is 19.1. The Balaban J connectivity index is 2.04. The largest absolute Gasteiger partial charge is 0.493 e. The maximum atomic E-state index is 12.7. The average molecular weight is 378 g/mol. The lowest BCUT2D eigenvalue weighted by molar-refractivity contribution is 0.355. The molecule has 0 aliphatic carbocycles. The number of methoxy groups -OCH3 is 2. The summed E-state index contributed by atoms with van der Waals surface area (Å²) in [4.78, 5) is 12.1. The molecule has 0 fully saturated rings. The lowest BCUT2D eigenvalue weighted by Crippen LogP contribution is -2.22. The summed E-state index contributed by atoms with van der Waals surface area (Å²) in [6, 6.07) is 5.98. The van der Waals surface area contributed by atoms with E-state index in [0.717, 1.165) is 0 Å². The third-order valence-corrected chi connectivity index (χ3v) is 5.25. The molecular formula is C16H18N4O5S. The number of ether oxygens (including phenoxy) is 2. The van der Waals surface area contributed by atoms with E-state index in [1.165, 1.54) is 48.7 Å². The van der Waals surface area contributed by atoms with Gasteiger partial charge in [0.15, 0.2) is 11.5 Å². The molecule has 138 valence electrons. The number of hydrogen-bond donors (Lipinski definition) is 1. The van der Waals surface area contributed by atoms with Gasteiger partial charge < -0.3 is 9.47 Å². The molecule has 1 aromatic carbocycles. The second-order valence-electron chi connectivity index (χ2n) is 5.58. The first-order chi connectivity index (χ1) is 12.3. The van der Waals surface area contributed by atoms with Crippen LogP contribution in [0.4, 0.5) is 5.69 Å². The Morgan fingerprint density at radius 2 is 1.81 bits per heavy atom. The molecule has 10 heteroatoms. The average Bonchev–Trinajstić information content (AvgIpc) is 3.06. The van der Waals surface area contributed by atoms with Crippen molar-refractivity contribution in [3.8, 4) is 11.5 Å². The molecule has 0 amide bonds. The molecule has 1 N–H and O–H groups in total. The molecule has 0 saturated carbocycles. The molecule has 3 rings (SSSR count). The summed E-state index contributed by atoms with van der Waals surface area (Å²) in [6.07, 6.45) is 1.36. The second kappa shape index (κ2) is 6.37. The molecule has 26 heavy (non-hydrogen) atoms. The van der Waals surface area contributed by atoms with Gasteiger partial charge in [-0.1, -0.05) is 0 Å². The monoisotopic (exact) mass is 378 g/mol. The molecule has 0 aliphatic heterocycles. The van der Waals surface area contributed by atoms with Crippen LogP contribution < -0.4 is 19.8 Å². The van der Waals surface area contributed by atoms with E-state index in [0.29, 0.717) is 23.0 Å². The summed E-state index contributed by atoms with van der Waals surface area (Å²) in [5, 5.41) is 4.04. The third kappa shape index (κ3) is 2.99. The highest BCUT2D eigenvalue weighted by Crippen LogP contribution is 2.30. The fourth-order valence-electron chi connectivity index (χ4n) is 2.61. The van der Waals surface area contributed by atoms with Gasteiger partial charge in [0.1, 0.15) is 16.2 Å². The summed E-state index contributed by atoms with van der Waals surface area (Å²) in [5.74, 6) is 1.37. The minimum Gasteiger partial charge on any atom is -0.493 e. The van der Waals surface area contributed by atoms with Crippen molar-refractivity contribution >= 4 is 21.2 Å². The maximum Gasteiger partial charge on any atom is 0.290 e. The van der Waals surface area contributed by atoms with E-state index in [2.05, 4.69) is 9.82 Å². The lowest BCUT2D eigenvalue weighted by atomic mass is 10.3. The molecule has 0 aliphatic rings. The summed E-state index contributed by atoms with van der Waals surface area (Å²) < 4.78 is 40.8. The van der Waals surface area contributed by atoms with Crippen molar-refractivity contribution in [3.63, 3.8) is 0 Å². The zero-order valence-electron chi connectivity index (χ0n) is 14.7. The van der Waals surface area contributed by atoms with Crippen LogP contribution in [-0.4, -0.2) is 36.8 Å². The number of hydrogen-bond acceptors (Lipinski definition) is 6. The molecule has 0 bridgehead atoms. The van der Waals surface area contributed by atoms with Crippen molar-refractivity contribution in [3.05, 3.63) is 46.6 Å². The smallest absolute Gasteiger partial charge is 0.290 e. The van der Waals surface area contributed by atoms with Crippen LogP contribution in [0.5, 0.6) is 11.5 Å². The van der Waals surface area contributed by atoms with Crippen molar-refractivity contribution < 1.29 is 17.9 Å². The van der Waals surface area contributed by atoms with Crippen LogP contribution in [-0.2, 0) is 17.1 Å². The molecule has 9 nitrogen and oxygen atoms in total. The van der Waals surface area contributed by atoms with Gasteiger partial charge in [0.2, 0.25) is 0 Å². The van der Waals surface area contributed by atoms with Gasteiger partial charge in [-0.3, -0.25) is 13.9 Å². The molecule has 0 atom stereocenters. The Kier molecular flexibility index (Phi) is 4.36. The summed E-state index contributed by atoms with van der Waals surface area (Å²) >= 11 is 0. The fourth-order valence-corrected chi connectivity index (χ4v) is 3.67. The third-order valence-electron chi connectivity index (χ3n) is 3.90. The topological polar surface area (TPSA) is 104 Å². The Morgan fingerprint density at radius 3 is 2.46 bits per heavy atom. The van der Waals surface area contributed by atoms with E-state index < -0.39 is 10.0 Å². The molecule has 2 heterocycles. The Bertz CT molecular complexity index is 1150. The van der Waals surface area contributed by atoms with Gasteiger partial charge in [0, 0.05) is 19.3 Å². The summed E-state index contributed by atoms with van der Waals surface area (Å²) in [5.41, 5.74) is 0.150. The predicted molar refractivity (Wildman–Crippen MR) is 95.5 cm³/mol. The second-order valence-corrected chi connectivity index (χ2v) is 7.26. The van der Waals surface area contributed by atoms with E-state index in [1.54, 1.807) is 19.1 Å². The molecule has 0 unspecified atom stereocenters. The van der Waals surface area contributed by atoms with E-state index >= 15 is 0 Å². The number of nitrogens with one attached hydrogen (secondary N) is 1.